The van der Waals surface area contributed by atoms with Gasteiger partial charge in [0, 0.05) is 29.7 Å². The molecular formula is C14H21Cl2N3O3S. The van der Waals surface area contributed by atoms with Gasteiger partial charge in [0.1, 0.15) is 0 Å². The minimum absolute atomic E-state index is 0. The number of carbonyl (C=O) groups excluding carboxylic acids is 1. The highest BCUT2D eigenvalue weighted by molar-refractivity contribution is 7.89. The van der Waals surface area contributed by atoms with Crippen molar-refractivity contribution in [3.05, 3.63) is 28.8 Å². The van der Waals surface area contributed by atoms with Gasteiger partial charge in [-0.3, -0.25) is 4.79 Å². The maximum absolute atomic E-state index is 12.8. The summed E-state index contributed by atoms with van der Waals surface area (Å²) in [5.41, 5.74) is 11.0. The molecule has 1 aromatic carbocycles. The second kappa shape index (κ2) is 6.94. The second-order valence-corrected chi connectivity index (χ2v) is 8.64. The van der Waals surface area contributed by atoms with Gasteiger partial charge in [-0.05, 0) is 30.0 Å². The van der Waals surface area contributed by atoms with Gasteiger partial charge in [0.05, 0.1) is 4.90 Å². The Hall–Kier alpha value is -0.860. The summed E-state index contributed by atoms with van der Waals surface area (Å²) in [6.07, 6.45) is 0.579. The van der Waals surface area contributed by atoms with Crippen molar-refractivity contribution in [2.24, 2.45) is 16.9 Å². The van der Waals surface area contributed by atoms with Crippen LogP contribution in [0.4, 0.5) is 0 Å². The van der Waals surface area contributed by atoms with E-state index >= 15 is 0 Å². The van der Waals surface area contributed by atoms with E-state index in [4.69, 9.17) is 23.1 Å². The molecule has 0 saturated carbocycles. The Bertz CT molecular complexity index is 707. The minimum atomic E-state index is -3.75. The third-order valence-corrected chi connectivity index (χ3v) is 6.11. The van der Waals surface area contributed by atoms with E-state index in [9.17, 15) is 13.2 Å². The summed E-state index contributed by atoms with van der Waals surface area (Å²) in [6, 6.07) is 3.87. The molecule has 1 aliphatic heterocycles. The molecule has 1 atom stereocenters. The van der Waals surface area contributed by atoms with E-state index in [1.165, 1.54) is 22.5 Å². The Balaban J connectivity index is 0.00000264. The second-order valence-electron chi connectivity index (χ2n) is 6.26. The lowest BCUT2D eigenvalue weighted by Crippen LogP contribution is -2.53. The topological polar surface area (TPSA) is 106 Å². The Kier molecular flexibility index (Phi) is 6.09. The van der Waals surface area contributed by atoms with E-state index in [1.807, 2.05) is 13.8 Å². The molecule has 0 spiro atoms. The van der Waals surface area contributed by atoms with E-state index < -0.39 is 15.9 Å². The molecular weight excluding hydrogens is 361 g/mol. The molecule has 1 saturated heterocycles. The van der Waals surface area contributed by atoms with Crippen LogP contribution in [0.3, 0.4) is 0 Å². The summed E-state index contributed by atoms with van der Waals surface area (Å²) in [6.45, 7) is 4.53. The van der Waals surface area contributed by atoms with Crippen molar-refractivity contribution in [3.63, 3.8) is 0 Å². The largest absolute Gasteiger partial charge is 0.366 e. The molecule has 2 rings (SSSR count). The molecule has 0 radical (unpaired) electrons. The van der Waals surface area contributed by atoms with Gasteiger partial charge >= 0.3 is 0 Å². The average molecular weight is 382 g/mol. The van der Waals surface area contributed by atoms with Gasteiger partial charge < -0.3 is 11.5 Å². The molecule has 0 bridgehead atoms. The van der Waals surface area contributed by atoms with Crippen molar-refractivity contribution >= 4 is 39.9 Å². The number of primary amides is 1. The number of carbonyl (C=O) groups is 1. The van der Waals surface area contributed by atoms with Gasteiger partial charge in [0.15, 0.2) is 0 Å². The summed E-state index contributed by atoms with van der Waals surface area (Å²) in [7, 11) is -3.75. The number of hydrogen-bond donors (Lipinski definition) is 2. The lowest BCUT2D eigenvalue weighted by Gasteiger charge is -2.41. The monoisotopic (exact) mass is 381 g/mol. The van der Waals surface area contributed by atoms with E-state index in [-0.39, 0.29) is 39.3 Å². The molecule has 0 aliphatic carbocycles. The summed E-state index contributed by atoms with van der Waals surface area (Å²) >= 11 is 5.91. The minimum Gasteiger partial charge on any atom is -0.366 e. The molecule has 1 amide bonds. The SMILES string of the molecule is CC1(C)CN(S(=O)(=O)c2cc(Cl)cc(C(N)=O)c2)CCC1N.Cl. The summed E-state index contributed by atoms with van der Waals surface area (Å²) in [4.78, 5) is 11.3. The number of hydrogen-bond acceptors (Lipinski definition) is 4. The van der Waals surface area contributed by atoms with Gasteiger partial charge in [-0.1, -0.05) is 25.4 Å². The fourth-order valence-corrected chi connectivity index (χ4v) is 4.53. The van der Waals surface area contributed by atoms with Crippen LogP contribution in [0, 0.1) is 5.41 Å². The quantitative estimate of drug-likeness (QED) is 0.828. The first-order valence-corrected chi connectivity index (χ1v) is 8.72. The molecule has 1 aliphatic rings. The van der Waals surface area contributed by atoms with E-state index in [0.717, 1.165) is 0 Å². The number of nitrogens with two attached hydrogens (primary N) is 2. The van der Waals surface area contributed by atoms with E-state index in [0.29, 0.717) is 19.5 Å². The van der Waals surface area contributed by atoms with Crippen LogP contribution in [0.25, 0.3) is 0 Å². The number of halogens is 2. The van der Waals surface area contributed by atoms with Crippen molar-refractivity contribution in [2.45, 2.75) is 31.2 Å². The van der Waals surface area contributed by atoms with Gasteiger partial charge in [-0.2, -0.15) is 4.31 Å². The maximum atomic E-state index is 12.8. The Morgan fingerprint density at radius 3 is 2.48 bits per heavy atom. The third kappa shape index (κ3) is 4.16. The fourth-order valence-electron chi connectivity index (χ4n) is 2.53. The number of sulfonamides is 1. The highest BCUT2D eigenvalue weighted by Crippen LogP contribution is 2.32. The molecule has 1 unspecified atom stereocenters. The van der Waals surface area contributed by atoms with Crippen molar-refractivity contribution in [1.82, 2.24) is 4.31 Å². The zero-order valence-corrected chi connectivity index (χ0v) is 15.3. The number of amides is 1. The zero-order chi connectivity index (χ0) is 16.7. The highest BCUT2D eigenvalue weighted by Gasteiger charge is 2.39. The third-order valence-electron chi connectivity index (χ3n) is 4.07. The van der Waals surface area contributed by atoms with Crippen molar-refractivity contribution in [1.29, 1.82) is 0 Å². The summed E-state index contributed by atoms with van der Waals surface area (Å²) in [5, 5.41) is 0.155. The fraction of sp³-hybridized carbons (Fsp3) is 0.500. The first-order valence-electron chi connectivity index (χ1n) is 6.90. The number of rotatable bonds is 3. The number of benzene rings is 1. The highest BCUT2D eigenvalue weighted by atomic mass is 35.5. The standard InChI is InChI=1S/C14H20ClN3O3S.ClH/c1-14(2)8-18(4-3-12(14)16)22(20,21)11-6-9(13(17)19)5-10(15)7-11;/h5-7,12H,3-4,8,16H2,1-2H3,(H2,17,19);1H. The number of piperidine rings is 1. The van der Waals surface area contributed by atoms with Crippen LogP contribution >= 0.6 is 24.0 Å². The molecule has 1 fully saturated rings. The molecule has 23 heavy (non-hydrogen) atoms. The molecule has 6 nitrogen and oxygen atoms in total. The van der Waals surface area contributed by atoms with E-state index in [1.54, 1.807) is 0 Å². The Morgan fingerprint density at radius 2 is 1.96 bits per heavy atom. The van der Waals surface area contributed by atoms with Crippen molar-refractivity contribution in [2.75, 3.05) is 13.1 Å². The molecule has 1 aromatic rings. The van der Waals surface area contributed by atoms with Crippen LogP contribution in [0.2, 0.25) is 5.02 Å². The van der Waals surface area contributed by atoms with Crippen LogP contribution in [0.5, 0.6) is 0 Å². The zero-order valence-electron chi connectivity index (χ0n) is 13.0. The summed E-state index contributed by atoms with van der Waals surface area (Å²) in [5.74, 6) is -0.722. The van der Waals surface area contributed by atoms with Crippen LogP contribution in [0.1, 0.15) is 30.6 Å². The molecule has 4 N–H and O–H groups in total. The van der Waals surface area contributed by atoms with Gasteiger partial charge in [-0.25, -0.2) is 8.42 Å². The molecule has 130 valence electrons. The predicted octanol–water partition coefficient (Wildman–Crippen LogP) is 1.61. The molecule has 0 aromatic heterocycles. The average Bonchev–Trinajstić information content (AvgIpc) is 2.40. The summed E-state index contributed by atoms with van der Waals surface area (Å²) < 4.78 is 26.9. The smallest absolute Gasteiger partial charge is 0.248 e. The van der Waals surface area contributed by atoms with Crippen molar-refractivity contribution in [3.8, 4) is 0 Å². The van der Waals surface area contributed by atoms with E-state index in [2.05, 4.69) is 0 Å². The lowest BCUT2D eigenvalue weighted by atomic mass is 9.81. The van der Waals surface area contributed by atoms with Crippen molar-refractivity contribution < 1.29 is 13.2 Å². The van der Waals surface area contributed by atoms with Crippen LogP contribution < -0.4 is 11.5 Å². The first kappa shape index (κ1) is 20.2. The molecule has 1 heterocycles. The predicted molar refractivity (Wildman–Crippen MR) is 92.4 cm³/mol. The molecule has 9 heteroatoms. The van der Waals surface area contributed by atoms with Gasteiger partial charge in [0.2, 0.25) is 15.9 Å². The van der Waals surface area contributed by atoms with Gasteiger partial charge in [0.25, 0.3) is 0 Å². The van der Waals surface area contributed by atoms with Crippen LogP contribution in [0.15, 0.2) is 23.1 Å². The first-order chi connectivity index (χ1) is 10.0. The van der Waals surface area contributed by atoms with Gasteiger partial charge in [-0.15, -0.1) is 12.4 Å². The normalized spacial score (nSPS) is 21.5. The Labute approximate surface area is 147 Å². The lowest BCUT2D eigenvalue weighted by molar-refractivity contribution is 0.1000. The maximum Gasteiger partial charge on any atom is 0.248 e. The number of nitrogens with zero attached hydrogens (tertiary/aromatic N) is 1. The van der Waals surface area contributed by atoms with Crippen LogP contribution in [-0.2, 0) is 10.0 Å². The Morgan fingerprint density at radius 1 is 1.35 bits per heavy atom. The van der Waals surface area contributed by atoms with Crippen LogP contribution in [-0.4, -0.2) is 37.8 Å².